The summed E-state index contributed by atoms with van der Waals surface area (Å²) in [5.41, 5.74) is 3.91. The van der Waals surface area contributed by atoms with Crippen molar-refractivity contribution in [3.05, 3.63) is 34.9 Å². The fourth-order valence-corrected chi connectivity index (χ4v) is 2.97. The zero-order valence-electron chi connectivity index (χ0n) is 14.1. The molecule has 0 saturated heterocycles. The Morgan fingerprint density at radius 2 is 1.87 bits per heavy atom. The zero-order chi connectivity index (χ0) is 17.0. The molecule has 0 fully saturated rings. The molecule has 2 atom stereocenters. The SMILES string of the molecule is CC(CN(C)C(=O)NC(C)c1ccc2c(c1)CCCC2)C(=O)O. The number of hydrogen-bond donors (Lipinski definition) is 2. The van der Waals surface area contributed by atoms with Crippen LogP contribution in [0.5, 0.6) is 0 Å². The fourth-order valence-electron chi connectivity index (χ4n) is 2.97. The van der Waals surface area contributed by atoms with Crippen molar-refractivity contribution in [3.63, 3.8) is 0 Å². The van der Waals surface area contributed by atoms with E-state index in [2.05, 4.69) is 23.5 Å². The molecule has 1 aliphatic rings. The van der Waals surface area contributed by atoms with Crippen LogP contribution in [-0.4, -0.2) is 35.6 Å². The Bertz CT molecular complexity index is 586. The molecule has 2 unspecified atom stereocenters. The first-order chi connectivity index (χ1) is 10.9. The Morgan fingerprint density at radius 3 is 2.52 bits per heavy atom. The molecule has 0 saturated carbocycles. The van der Waals surface area contributed by atoms with Gasteiger partial charge in [0.1, 0.15) is 0 Å². The fraction of sp³-hybridized carbons (Fsp3) is 0.556. The topological polar surface area (TPSA) is 69.6 Å². The second kappa shape index (κ2) is 7.49. The summed E-state index contributed by atoms with van der Waals surface area (Å²) >= 11 is 0. The second-order valence-corrected chi connectivity index (χ2v) is 6.53. The molecule has 126 valence electrons. The van der Waals surface area contributed by atoms with Crippen molar-refractivity contribution >= 4 is 12.0 Å². The van der Waals surface area contributed by atoms with Gasteiger partial charge >= 0.3 is 12.0 Å². The van der Waals surface area contributed by atoms with Crippen LogP contribution < -0.4 is 5.32 Å². The van der Waals surface area contributed by atoms with Crippen molar-refractivity contribution in [1.82, 2.24) is 10.2 Å². The van der Waals surface area contributed by atoms with Crippen molar-refractivity contribution in [2.24, 2.45) is 5.92 Å². The summed E-state index contributed by atoms with van der Waals surface area (Å²) in [6.07, 6.45) is 4.74. The normalized spacial score (nSPS) is 16.1. The highest BCUT2D eigenvalue weighted by atomic mass is 16.4. The van der Waals surface area contributed by atoms with E-state index in [1.54, 1.807) is 14.0 Å². The Kier molecular flexibility index (Phi) is 5.64. The number of aryl methyl sites for hydroxylation is 2. The highest BCUT2D eigenvalue weighted by Crippen LogP contribution is 2.24. The van der Waals surface area contributed by atoms with Crippen molar-refractivity contribution in [1.29, 1.82) is 0 Å². The van der Waals surface area contributed by atoms with E-state index in [1.165, 1.54) is 28.9 Å². The van der Waals surface area contributed by atoms with E-state index in [0.29, 0.717) is 0 Å². The number of rotatable bonds is 5. The Labute approximate surface area is 137 Å². The summed E-state index contributed by atoms with van der Waals surface area (Å²) < 4.78 is 0. The van der Waals surface area contributed by atoms with Crippen LogP contribution in [0.2, 0.25) is 0 Å². The van der Waals surface area contributed by atoms with E-state index in [0.717, 1.165) is 18.4 Å². The van der Waals surface area contributed by atoms with Gasteiger partial charge in [-0.15, -0.1) is 0 Å². The lowest BCUT2D eigenvalue weighted by atomic mass is 9.89. The minimum absolute atomic E-state index is 0.0997. The molecule has 0 aromatic heterocycles. The van der Waals surface area contributed by atoms with E-state index in [9.17, 15) is 9.59 Å². The van der Waals surface area contributed by atoms with Crippen LogP contribution >= 0.6 is 0 Å². The smallest absolute Gasteiger partial charge is 0.317 e. The third-order valence-corrected chi connectivity index (χ3v) is 4.53. The van der Waals surface area contributed by atoms with Crippen molar-refractivity contribution in [3.8, 4) is 0 Å². The standard InChI is InChI=1S/C18H26N2O3/c1-12(17(21)22)11-20(3)18(23)19-13(2)15-9-8-14-6-4-5-7-16(14)10-15/h8-10,12-13H,4-7,11H2,1-3H3,(H,19,23)(H,21,22). The Hall–Kier alpha value is -2.04. The minimum Gasteiger partial charge on any atom is -0.481 e. The van der Waals surface area contributed by atoms with Crippen molar-refractivity contribution in [2.75, 3.05) is 13.6 Å². The molecule has 23 heavy (non-hydrogen) atoms. The van der Waals surface area contributed by atoms with Gasteiger partial charge < -0.3 is 15.3 Å². The monoisotopic (exact) mass is 318 g/mol. The first-order valence-electron chi connectivity index (χ1n) is 8.24. The number of carboxylic acid groups (broad SMARTS) is 1. The van der Waals surface area contributed by atoms with Gasteiger partial charge in [-0.3, -0.25) is 4.79 Å². The van der Waals surface area contributed by atoms with Gasteiger partial charge in [0.25, 0.3) is 0 Å². The Balaban J connectivity index is 1.96. The van der Waals surface area contributed by atoms with Crippen molar-refractivity contribution < 1.29 is 14.7 Å². The predicted molar refractivity (Wildman–Crippen MR) is 89.5 cm³/mol. The van der Waals surface area contributed by atoms with Gasteiger partial charge in [-0.1, -0.05) is 25.1 Å². The van der Waals surface area contributed by atoms with Gasteiger partial charge in [-0.05, 0) is 49.3 Å². The number of nitrogens with one attached hydrogen (secondary N) is 1. The summed E-state index contributed by atoms with van der Waals surface area (Å²) in [6, 6.07) is 6.09. The van der Waals surface area contributed by atoms with E-state index < -0.39 is 11.9 Å². The largest absolute Gasteiger partial charge is 0.481 e. The molecular formula is C18H26N2O3. The van der Waals surface area contributed by atoms with Crippen LogP contribution in [0.25, 0.3) is 0 Å². The van der Waals surface area contributed by atoms with Gasteiger partial charge in [0, 0.05) is 13.6 Å². The van der Waals surface area contributed by atoms with E-state index in [1.807, 2.05) is 6.92 Å². The number of carbonyl (C=O) groups is 2. The molecule has 2 N–H and O–H groups in total. The third kappa shape index (κ3) is 4.47. The van der Waals surface area contributed by atoms with Crippen LogP contribution in [0, 0.1) is 5.92 Å². The highest BCUT2D eigenvalue weighted by molar-refractivity contribution is 5.76. The highest BCUT2D eigenvalue weighted by Gasteiger charge is 2.19. The number of fused-ring (bicyclic) bond motifs is 1. The molecule has 0 spiro atoms. The molecular weight excluding hydrogens is 292 g/mol. The number of amides is 2. The summed E-state index contributed by atoms with van der Waals surface area (Å²) in [4.78, 5) is 24.5. The molecule has 0 radical (unpaired) electrons. The summed E-state index contributed by atoms with van der Waals surface area (Å²) in [6.45, 7) is 3.74. The maximum absolute atomic E-state index is 12.2. The molecule has 5 nitrogen and oxygen atoms in total. The summed E-state index contributed by atoms with van der Waals surface area (Å²) in [7, 11) is 1.62. The van der Waals surface area contributed by atoms with E-state index >= 15 is 0 Å². The lowest BCUT2D eigenvalue weighted by molar-refractivity contribution is -0.141. The molecule has 2 amide bonds. The number of carboxylic acids is 1. The quantitative estimate of drug-likeness (QED) is 0.877. The summed E-state index contributed by atoms with van der Waals surface area (Å²) in [5.74, 6) is -1.47. The molecule has 5 heteroatoms. The lowest BCUT2D eigenvalue weighted by Crippen LogP contribution is -2.41. The van der Waals surface area contributed by atoms with Crippen LogP contribution in [0.1, 0.15) is 49.4 Å². The van der Waals surface area contributed by atoms with Gasteiger partial charge in [0.05, 0.1) is 12.0 Å². The van der Waals surface area contributed by atoms with Crippen LogP contribution in [-0.2, 0) is 17.6 Å². The van der Waals surface area contributed by atoms with Crippen LogP contribution in [0.15, 0.2) is 18.2 Å². The minimum atomic E-state index is -0.896. The van der Waals surface area contributed by atoms with Gasteiger partial charge in [0.2, 0.25) is 0 Å². The summed E-state index contributed by atoms with van der Waals surface area (Å²) in [5, 5.41) is 11.9. The third-order valence-electron chi connectivity index (χ3n) is 4.53. The lowest BCUT2D eigenvalue weighted by Gasteiger charge is -2.24. The molecule has 0 aliphatic heterocycles. The first kappa shape index (κ1) is 17.3. The molecule has 1 aliphatic carbocycles. The second-order valence-electron chi connectivity index (χ2n) is 6.53. The number of aliphatic carboxylic acids is 1. The Morgan fingerprint density at radius 1 is 1.22 bits per heavy atom. The number of benzene rings is 1. The molecule has 1 aromatic carbocycles. The molecule has 0 heterocycles. The van der Waals surface area contributed by atoms with E-state index in [-0.39, 0.29) is 18.6 Å². The maximum Gasteiger partial charge on any atom is 0.317 e. The average Bonchev–Trinajstić information content (AvgIpc) is 2.53. The van der Waals surface area contributed by atoms with Gasteiger partial charge in [-0.2, -0.15) is 0 Å². The van der Waals surface area contributed by atoms with Crippen LogP contribution in [0.3, 0.4) is 0 Å². The van der Waals surface area contributed by atoms with Crippen LogP contribution in [0.4, 0.5) is 4.79 Å². The number of carbonyl (C=O) groups excluding carboxylic acids is 1. The number of nitrogens with zero attached hydrogens (tertiary/aromatic N) is 1. The number of urea groups is 1. The maximum atomic E-state index is 12.2. The first-order valence-corrected chi connectivity index (χ1v) is 8.24. The van der Waals surface area contributed by atoms with E-state index in [4.69, 9.17) is 5.11 Å². The van der Waals surface area contributed by atoms with Gasteiger partial charge in [-0.25, -0.2) is 4.79 Å². The van der Waals surface area contributed by atoms with Crippen molar-refractivity contribution in [2.45, 2.75) is 45.6 Å². The van der Waals surface area contributed by atoms with Gasteiger partial charge in [0.15, 0.2) is 0 Å². The zero-order valence-corrected chi connectivity index (χ0v) is 14.1. The molecule has 2 rings (SSSR count). The average molecular weight is 318 g/mol. The number of hydrogen-bond acceptors (Lipinski definition) is 2. The predicted octanol–water partition coefficient (Wildman–Crippen LogP) is 2.99. The molecule has 1 aromatic rings. The molecule has 0 bridgehead atoms.